The second kappa shape index (κ2) is 5.46. The first-order valence-electron chi connectivity index (χ1n) is 5.29. The van der Waals surface area contributed by atoms with Gasteiger partial charge in [0, 0.05) is 10.6 Å². The van der Waals surface area contributed by atoms with Crippen LogP contribution in [0.2, 0.25) is 0 Å². The standard InChI is InChI=1S/C13H11NO3S/c15-12(8-11-5-2-6-18-11)14-10-4-1-3-9(7-10)13(16)17/h1-7H,8H2,(H,14,15)(H,16,17)/p-1. The summed E-state index contributed by atoms with van der Waals surface area (Å²) in [7, 11) is 0. The fourth-order valence-corrected chi connectivity index (χ4v) is 2.20. The predicted octanol–water partition coefficient (Wildman–Crippen LogP) is 1.29. The van der Waals surface area contributed by atoms with Crippen molar-refractivity contribution in [1.29, 1.82) is 0 Å². The molecule has 0 radical (unpaired) electrons. The topological polar surface area (TPSA) is 69.2 Å². The number of aromatic carboxylic acids is 1. The highest BCUT2D eigenvalue weighted by Gasteiger charge is 2.05. The fraction of sp³-hybridized carbons (Fsp3) is 0.0769. The Kier molecular flexibility index (Phi) is 3.74. The number of carbonyl (C=O) groups excluding carboxylic acids is 2. The van der Waals surface area contributed by atoms with E-state index in [0.29, 0.717) is 5.69 Å². The highest BCUT2D eigenvalue weighted by Crippen LogP contribution is 2.13. The minimum atomic E-state index is -1.26. The maximum absolute atomic E-state index is 11.7. The summed E-state index contributed by atoms with van der Waals surface area (Å²) in [6, 6.07) is 9.75. The first kappa shape index (κ1) is 12.3. The Balaban J connectivity index is 2.03. The number of hydrogen-bond donors (Lipinski definition) is 1. The van der Waals surface area contributed by atoms with E-state index in [9.17, 15) is 14.7 Å². The van der Waals surface area contributed by atoms with Crippen LogP contribution in [0, 0.1) is 0 Å². The molecule has 0 aliphatic heterocycles. The average Bonchev–Trinajstić information content (AvgIpc) is 2.82. The Morgan fingerprint density at radius 3 is 2.72 bits per heavy atom. The van der Waals surface area contributed by atoms with Crippen molar-refractivity contribution in [1.82, 2.24) is 0 Å². The van der Waals surface area contributed by atoms with Crippen molar-refractivity contribution in [2.24, 2.45) is 0 Å². The summed E-state index contributed by atoms with van der Waals surface area (Å²) in [5.41, 5.74) is 0.502. The second-order valence-corrected chi connectivity index (χ2v) is 4.70. The summed E-state index contributed by atoms with van der Waals surface area (Å²) in [6.45, 7) is 0. The molecule has 2 aromatic rings. The summed E-state index contributed by atoms with van der Waals surface area (Å²) in [5.74, 6) is -1.43. The van der Waals surface area contributed by atoms with Crippen LogP contribution in [0.1, 0.15) is 15.2 Å². The molecule has 0 unspecified atom stereocenters. The maximum atomic E-state index is 11.7. The number of thiophene rings is 1. The van der Waals surface area contributed by atoms with E-state index >= 15 is 0 Å². The van der Waals surface area contributed by atoms with Gasteiger partial charge in [0.2, 0.25) is 5.91 Å². The molecule has 1 aromatic carbocycles. The van der Waals surface area contributed by atoms with Crippen LogP contribution < -0.4 is 10.4 Å². The van der Waals surface area contributed by atoms with Crippen LogP contribution in [0.15, 0.2) is 41.8 Å². The molecule has 4 nitrogen and oxygen atoms in total. The second-order valence-electron chi connectivity index (χ2n) is 3.67. The van der Waals surface area contributed by atoms with Crippen molar-refractivity contribution in [3.8, 4) is 0 Å². The van der Waals surface area contributed by atoms with Gasteiger partial charge in [0.25, 0.3) is 0 Å². The molecule has 0 aliphatic carbocycles. The highest BCUT2D eigenvalue weighted by atomic mass is 32.1. The van der Waals surface area contributed by atoms with E-state index in [0.717, 1.165) is 4.88 Å². The third-order valence-electron chi connectivity index (χ3n) is 2.30. The molecule has 0 saturated carbocycles. The Labute approximate surface area is 108 Å². The zero-order valence-electron chi connectivity index (χ0n) is 9.38. The molecule has 5 heteroatoms. The van der Waals surface area contributed by atoms with Gasteiger partial charge in [-0.15, -0.1) is 11.3 Å². The van der Waals surface area contributed by atoms with Crippen molar-refractivity contribution >= 4 is 28.9 Å². The molecule has 18 heavy (non-hydrogen) atoms. The van der Waals surface area contributed by atoms with Crippen molar-refractivity contribution in [3.05, 3.63) is 52.2 Å². The predicted molar refractivity (Wildman–Crippen MR) is 67.4 cm³/mol. The number of carbonyl (C=O) groups is 2. The van der Waals surface area contributed by atoms with E-state index in [-0.39, 0.29) is 17.9 Å². The molecule has 1 N–H and O–H groups in total. The molecule has 0 fully saturated rings. The van der Waals surface area contributed by atoms with E-state index in [4.69, 9.17) is 0 Å². The zero-order chi connectivity index (χ0) is 13.0. The Morgan fingerprint density at radius 1 is 1.22 bits per heavy atom. The highest BCUT2D eigenvalue weighted by molar-refractivity contribution is 7.10. The fourth-order valence-electron chi connectivity index (χ4n) is 1.50. The minimum Gasteiger partial charge on any atom is -0.545 e. The summed E-state index contributed by atoms with van der Waals surface area (Å²) in [4.78, 5) is 23.3. The van der Waals surface area contributed by atoms with Gasteiger partial charge in [-0.3, -0.25) is 4.79 Å². The molecule has 0 spiro atoms. The lowest BCUT2D eigenvalue weighted by molar-refractivity contribution is -0.255. The van der Waals surface area contributed by atoms with Crippen LogP contribution in [0.4, 0.5) is 5.69 Å². The summed E-state index contributed by atoms with van der Waals surface area (Å²) in [6.07, 6.45) is 0.285. The number of carboxylic acid groups (broad SMARTS) is 1. The van der Waals surface area contributed by atoms with E-state index in [1.165, 1.54) is 23.5 Å². The molecule has 1 aromatic heterocycles. The number of anilines is 1. The van der Waals surface area contributed by atoms with Gasteiger partial charge in [-0.25, -0.2) is 0 Å². The van der Waals surface area contributed by atoms with Crippen LogP contribution in [0.25, 0.3) is 0 Å². The molecule has 0 aliphatic rings. The van der Waals surface area contributed by atoms with Gasteiger partial charge < -0.3 is 15.2 Å². The van der Waals surface area contributed by atoms with Crippen LogP contribution in [-0.4, -0.2) is 11.9 Å². The molecule has 1 heterocycles. The van der Waals surface area contributed by atoms with Gasteiger partial charge in [-0.1, -0.05) is 18.2 Å². The molecular formula is C13H10NO3S-. The molecule has 0 atom stereocenters. The normalized spacial score (nSPS) is 10.0. The molecular weight excluding hydrogens is 250 g/mol. The number of nitrogens with one attached hydrogen (secondary N) is 1. The average molecular weight is 260 g/mol. The van der Waals surface area contributed by atoms with Gasteiger partial charge in [0.1, 0.15) is 0 Å². The maximum Gasteiger partial charge on any atom is 0.229 e. The first-order chi connectivity index (χ1) is 8.65. The lowest BCUT2D eigenvalue weighted by Gasteiger charge is -2.07. The van der Waals surface area contributed by atoms with Crippen molar-refractivity contribution < 1.29 is 14.7 Å². The molecule has 0 saturated heterocycles. The largest absolute Gasteiger partial charge is 0.545 e. The third kappa shape index (κ3) is 3.18. The Hall–Kier alpha value is -2.14. The van der Waals surface area contributed by atoms with Crippen LogP contribution in [-0.2, 0) is 11.2 Å². The Morgan fingerprint density at radius 2 is 2.06 bits per heavy atom. The number of hydrogen-bond acceptors (Lipinski definition) is 4. The minimum absolute atomic E-state index is 0.0453. The monoisotopic (exact) mass is 260 g/mol. The lowest BCUT2D eigenvalue weighted by Crippen LogP contribution is -2.22. The summed E-state index contributed by atoms with van der Waals surface area (Å²) >= 11 is 1.50. The number of rotatable bonds is 4. The van der Waals surface area contributed by atoms with Gasteiger partial charge in [0.15, 0.2) is 0 Å². The first-order valence-corrected chi connectivity index (χ1v) is 6.17. The third-order valence-corrected chi connectivity index (χ3v) is 3.17. The number of amides is 1. The van der Waals surface area contributed by atoms with Crippen molar-refractivity contribution in [2.75, 3.05) is 5.32 Å². The SMILES string of the molecule is O=C(Cc1cccs1)Nc1cccc(C(=O)[O-])c1. The van der Waals surface area contributed by atoms with E-state index in [2.05, 4.69) is 5.32 Å². The van der Waals surface area contributed by atoms with Crippen LogP contribution in [0.5, 0.6) is 0 Å². The van der Waals surface area contributed by atoms with Gasteiger partial charge in [-0.2, -0.15) is 0 Å². The molecule has 2 rings (SSSR count). The Bertz CT molecular complexity index is 563. The van der Waals surface area contributed by atoms with Crippen LogP contribution in [0.3, 0.4) is 0 Å². The van der Waals surface area contributed by atoms with Crippen molar-refractivity contribution in [2.45, 2.75) is 6.42 Å². The molecule has 1 amide bonds. The van der Waals surface area contributed by atoms with Gasteiger partial charge >= 0.3 is 0 Å². The number of benzene rings is 1. The quantitative estimate of drug-likeness (QED) is 0.900. The van der Waals surface area contributed by atoms with E-state index in [1.54, 1.807) is 12.1 Å². The van der Waals surface area contributed by atoms with Gasteiger partial charge in [0.05, 0.1) is 12.4 Å². The van der Waals surface area contributed by atoms with Crippen molar-refractivity contribution in [3.63, 3.8) is 0 Å². The molecule has 92 valence electrons. The molecule has 0 bridgehead atoms. The van der Waals surface area contributed by atoms with Crippen LogP contribution >= 0.6 is 11.3 Å². The zero-order valence-corrected chi connectivity index (χ0v) is 10.2. The number of carboxylic acids is 1. The summed E-state index contributed by atoms with van der Waals surface area (Å²) < 4.78 is 0. The smallest absolute Gasteiger partial charge is 0.229 e. The van der Waals surface area contributed by atoms with E-state index < -0.39 is 5.97 Å². The summed E-state index contributed by atoms with van der Waals surface area (Å²) in [5, 5.41) is 15.2. The lowest BCUT2D eigenvalue weighted by atomic mass is 10.2. The van der Waals surface area contributed by atoms with Gasteiger partial charge in [-0.05, 0) is 29.1 Å². The van der Waals surface area contributed by atoms with E-state index in [1.807, 2.05) is 17.5 Å².